The summed E-state index contributed by atoms with van der Waals surface area (Å²) in [5.74, 6) is -0.391. The number of alkyl halides is 3. The van der Waals surface area contributed by atoms with Gasteiger partial charge in [-0.05, 0) is 74.2 Å². The molecule has 0 saturated carbocycles. The van der Waals surface area contributed by atoms with Crippen molar-refractivity contribution in [3.8, 4) is 0 Å². The highest BCUT2D eigenvalue weighted by Crippen LogP contribution is 2.33. The number of halogens is 5. The molecule has 9 nitrogen and oxygen atoms in total. The Kier molecular flexibility index (Phi) is 10.2. The number of benzene rings is 1. The molecule has 0 saturated heterocycles. The Hall–Kier alpha value is -2.80. The summed E-state index contributed by atoms with van der Waals surface area (Å²) in [5.41, 5.74) is -0.959. The predicted octanol–water partition coefficient (Wildman–Crippen LogP) is 5.89. The van der Waals surface area contributed by atoms with Crippen molar-refractivity contribution in [2.45, 2.75) is 51.8 Å². The van der Waals surface area contributed by atoms with Gasteiger partial charge >= 0.3 is 12.3 Å². The van der Waals surface area contributed by atoms with Crippen LogP contribution in [0.25, 0.3) is 0 Å². The molecule has 1 aromatic heterocycles. The van der Waals surface area contributed by atoms with Crippen LogP contribution in [-0.2, 0) is 15.7 Å². The Morgan fingerprint density at radius 3 is 2.50 bits per heavy atom. The first-order chi connectivity index (χ1) is 16.7. The zero-order valence-corrected chi connectivity index (χ0v) is 22.3. The van der Waals surface area contributed by atoms with Gasteiger partial charge in [0.05, 0.1) is 16.3 Å². The Morgan fingerprint density at radius 1 is 1.25 bits per heavy atom. The van der Waals surface area contributed by atoms with Crippen LogP contribution in [0.2, 0.25) is 5.02 Å². The van der Waals surface area contributed by atoms with E-state index in [9.17, 15) is 22.8 Å². The van der Waals surface area contributed by atoms with Crippen LogP contribution < -0.4 is 15.5 Å². The number of amides is 2. The van der Waals surface area contributed by atoms with Crippen molar-refractivity contribution in [3.05, 3.63) is 45.8 Å². The number of nitrogens with zero attached hydrogens (tertiary/aromatic N) is 3. The fourth-order valence-corrected chi connectivity index (χ4v) is 3.37. The predicted molar refractivity (Wildman–Crippen MR) is 134 cm³/mol. The number of rotatable bonds is 10. The van der Waals surface area contributed by atoms with Gasteiger partial charge in [-0.25, -0.2) is 4.79 Å². The van der Waals surface area contributed by atoms with Crippen LogP contribution in [0.1, 0.15) is 45.6 Å². The van der Waals surface area contributed by atoms with E-state index in [0.717, 1.165) is 18.2 Å². The van der Waals surface area contributed by atoms with E-state index in [-0.39, 0.29) is 23.2 Å². The number of hydrogen-bond donors (Lipinski definition) is 3. The lowest BCUT2D eigenvalue weighted by Gasteiger charge is -2.23. The molecule has 0 unspecified atom stereocenters. The van der Waals surface area contributed by atoms with Crippen LogP contribution in [0.4, 0.5) is 29.6 Å². The Labute approximate surface area is 219 Å². The maximum absolute atomic E-state index is 12.9. The molecular formula is C22H27BrClF3N6O3. The molecule has 0 aliphatic rings. The van der Waals surface area contributed by atoms with Gasteiger partial charge in [0, 0.05) is 12.2 Å². The third-order valence-corrected chi connectivity index (χ3v) is 5.17. The molecular weight excluding hydrogens is 569 g/mol. The third kappa shape index (κ3) is 9.69. The first kappa shape index (κ1) is 29.4. The number of carbonyl (C=O) groups excluding carboxylic acids is 2. The topological polar surface area (TPSA) is 112 Å². The lowest BCUT2D eigenvalue weighted by molar-refractivity contribution is -0.137. The number of anilines is 2. The van der Waals surface area contributed by atoms with E-state index < -0.39 is 29.3 Å². The number of aromatic nitrogens is 3. The van der Waals surface area contributed by atoms with Crippen LogP contribution in [0, 0.1) is 0 Å². The number of allylic oxidation sites excluding steroid dienone is 1. The second-order valence-electron chi connectivity index (χ2n) is 8.70. The Morgan fingerprint density at radius 2 is 1.94 bits per heavy atom. The van der Waals surface area contributed by atoms with Gasteiger partial charge in [-0.2, -0.15) is 18.2 Å². The minimum atomic E-state index is -4.55. The summed E-state index contributed by atoms with van der Waals surface area (Å²) in [5, 5.41) is 11.6. The summed E-state index contributed by atoms with van der Waals surface area (Å²) in [6.07, 6.45) is -3.36. The highest BCUT2D eigenvalue weighted by atomic mass is 79.9. The Balaban J connectivity index is 1.97. The number of unbranched alkanes of at least 4 members (excludes halogenated alkanes) is 1. The molecule has 1 heterocycles. The van der Waals surface area contributed by atoms with Crippen LogP contribution in [0.15, 0.2) is 35.2 Å². The minimum absolute atomic E-state index is 0.0320. The molecule has 0 aliphatic heterocycles. The highest BCUT2D eigenvalue weighted by molar-refractivity contribution is 9.10. The first-order valence-corrected chi connectivity index (χ1v) is 12.0. The molecule has 1 aromatic carbocycles. The first-order valence-electron chi connectivity index (χ1n) is 10.8. The van der Waals surface area contributed by atoms with E-state index in [4.69, 9.17) is 16.3 Å². The average molecular weight is 596 g/mol. The fraction of sp³-hybridized carbons (Fsp3) is 0.455. The van der Waals surface area contributed by atoms with E-state index >= 15 is 0 Å². The smallest absolute Gasteiger partial charge is 0.416 e. The monoisotopic (exact) mass is 594 g/mol. The molecule has 2 amide bonds. The van der Waals surface area contributed by atoms with E-state index in [1.54, 1.807) is 20.8 Å². The highest BCUT2D eigenvalue weighted by Gasteiger charge is 2.31. The van der Waals surface area contributed by atoms with E-state index in [2.05, 4.69) is 48.3 Å². The molecule has 3 N–H and O–H groups in total. The van der Waals surface area contributed by atoms with E-state index in [0.29, 0.717) is 36.2 Å². The van der Waals surface area contributed by atoms with Crippen LogP contribution in [0.3, 0.4) is 0 Å². The van der Waals surface area contributed by atoms with Crippen molar-refractivity contribution < 1.29 is 27.5 Å². The van der Waals surface area contributed by atoms with Crippen molar-refractivity contribution in [1.82, 2.24) is 20.5 Å². The summed E-state index contributed by atoms with van der Waals surface area (Å²) in [4.78, 5) is 30.0. The number of carbonyl (C=O) groups is 2. The number of hydrogen-bond acceptors (Lipinski definition) is 6. The lowest BCUT2D eigenvalue weighted by atomic mass is 10.2. The summed E-state index contributed by atoms with van der Waals surface area (Å²) in [7, 11) is 0. The van der Waals surface area contributed by atoms with Gasteiger partial charge in [0.15, 0.2) is 4.73 Å². The molecule has 0 aliphatic carbocycles. The Bertz CT molecular complexity index is 1090. The van der Waals surface area contributed by atoms with Crippen molar-refractivity contribution in [3.63, 3.8) is 0 Å². The zero-order valence-electron chi connectivity index (χ0n) is 19.9. The molecule has 0 bridgehead atoms. The number of aromatic amines is 1. The van der Waals surface area contributed by atoms with Gasteiger partial charge in [-0.15, -0.1) is 5.10 Å². The SMILES string of the molecule is C=C(CCCCNC(=O)OC(C)(C)C)N(CC(=O)Nc1ccc(C(F)(F)F)cc1Cl)c1n[nH]c(Br)n1. The molecule has 0 radical (unpaired) electrons. The molecule has 2 aromatic rings. The minimum Gasteiger partial charge on any atom is -0.444 e. The van der Waals surface area contributed by atoms with Crippen LogP contribution >= 0.6 is 27.5 Å². The summed E-state index contributed by atoms with van der Waals surface area (Å²) in [6, 6.07) is 2.66. The second kappa shape index (κ2) is 12.4. The van der Waals surface area contributed by atoms with Gasteiger partial charge in [0.25, 0.3) is 0 Å². The van der Waals surface area contributed by atoms with Crippen molar-refractivity contribution in [2.24, 2.45) is 0 Å². The second-order valence-corrected chi connectivity index (χ2v) is 9.86. The van der Waals surface area contributed by atoms with Gasteiger partial charge < -0.3 is 20.3 Å². The molecule has 36 heavy (non-hydrogen) atoms. The van der Waals surface area contributed by atoms with Gasteiger partial charge in [0.2, 0.25) is 11.9 Å². The number of H-pyrrole nitrogens is 1. The maximum Gasteiger partial charge on any atom is 0.416 e. The normalized spacial score (nSPS) is 11.7. The number of nitrogens with one attached hydrogen (secondary N) is 3. The fourth-order valence-electron chi connectivity index (χ4n) is 2.90. The molecule has 2 rings (SSSR count). The summed E-state index contributed by atoms with van der Waals surface area (Å²) >= 11 is 9.10. The molecule has 0 fully saturated rings. The molecule has 0 spiro atoms. The molecule has 14 heteroatoms. The van der Waals surface area contributed by atoms with Crippen molar-refractivity contribution in [2.75, 3.05) is 23.3 Å². The maximum atomic E-state index is 12.9. The summed E-state index contributed by atoms with van der Waals surface area (Å²) in [6.45, 7) is 9.45. The standard InChI is InChI=1S/C22H27BrClF3N6O3/c1-13(7-5-6-10-28-20(35)36-21(2,3)4)33(19-30-18(23)31-32-19)12-17(34)29-16-9-8-14(11-15(16)24)22(25,26)27/h8-9,11H,1,5-7,10,12H2,2-4H3,(H,28,35)(H,29,34)(H,30,31,32). The van der Waals surface area contributed by atoms with Crippen molar-refractivity contribution >= 4 is 51.2 Å². The number of ether oxygens (including phenoxy) is 1. The van der Waals surface area contributed by atoms with Crippen molar-refractivity contribution in [1.29, 1.82) is 0 Å². The van der Waals surface area contributed by atoms with Gasteiger partial charge in [-0.3, -0.25) is 9.89 Å². The molecule has 198 valence electrons. The zero-order chi connectivity index (χ0) is 27.1. The van der Waals surface area contributed by atoms with Crippen LogP contribution in [-0.4, -0.2) is 45.9 Å². The van der Waals surface area contributed by atoms with Gasteiger partial charge in [-0.1, -0.05) is 18.2 Å². The summed E-state index contributed by atoms with van der Waals surface area (Å²) < 4.78 is 44.1. The molecule has 0 atom stereocenters. The van der Waals surface area contributed by atoms with E-state index in [1.807, 2.05) is 0 Å². The van der Waals surface area contributed by atoms with Gasteiger partial charge in [0.1, 0.15) is 12.1 Å². The van der Waals surface area contributed by atoms with Crippen LogP contribution in [0.5, 0.6) is 0 Å². The third-order valence-electron chi connectivity index (χ3n) is 4.50. The lowest BCUT2D eigenvalue weighted by Crippen LogP contribution is -2.34. The average Bonchev–Trinajstić information content (AvgIpc) is 3.17. The number of alkyl carbamates (subject to hydrolysis) is 1. The van der Waals surface area contributed by atoms with E-state index in [1.165, 1.54) is 4.90 Å². The largest absolute Gasteiger partial charge is 0.444 e. The quantitative estimate of drug-likeness (QED) is 0.295.